The standard InChI is InChI=1S/C11H19NO3/c1-10(2,3)15-9(14)12-5-4-8-6-11(8,12)7-13/h8,13H,4-7H2,1-3H3/t8?,11-/m0/s1. The van der Waals surface area contributed by atoms with Crippen LogP contribution in [0.5, 0.6) is 0 Å². The van der Waals surface area contributed by atoms with E-state index in [-0.39, 0.29) is 18.2 Å². The van der Waals surface area contributed by atoms with Crippen molar-refractivity contribution in [2.24, 2.45) is 5.92 Å². The molecule has 1 N–H and O–H groups in total. The number of hydrogen-bond acceptors (Lipinski definition) is 3. The van der Waals surface area contributed by atoms with Gasteiger partial charge in [-0.05, 0) is 39.5 Å². The van der Waals surface area contributed by atoms with Gasteiger partial charge in [-0.15, -0.1) is 0 Å². The first kappa shape index (κ1) is 10.7. The van der Waals surface area contributed by atoms with E-state index < -0.39 is 5.60 Å². The van der Waals surface area contributed by atoms with Crippen LogP contribution in [0.25, 0.3) is 0 Å². The molecule has 0 aromatic heterocycles. The first-order chi connectivity index (χ1) is 6.89. The summed E-state index contributed by atoms with van der Waals surface area (Å²) in [6.07, 6.45) is 1.65. The number of hydrogen-bond donors (Lipinski definition) is 1. The highest BCUT2D eigenvalue weighted by Crippen LogP contribution is 2.55. The van der Waals surface area contributed by atoms with Crippen LogP contribution < -0.4 is 0 Å². The summed E-state index contributed by atoms with van der Waals surface area (Å²) in [7, 11) is 0. The van der Waals surface area contributed by atoms with Crippen molar-refractivity contribution in [2.45, 2.75) is 44.8 Å². The third-order valence-corrected chi connectivity index (χ3v) is 3.33. The third-order valence-electron chi connectivity index (χ3n) is 3.33. The van der Waals surface area contributed by atoms with Crippen molar-refractivity contribution < 1.29 is 14.6 Å². The van der Waals surface area contributed by atoms with Gasteiger partial charge in [0.2, 0.25) is 0 Å². The van der Waals surface area contributed by atoms with E-state index in [0.717, 1.165) is 19.4 Å². The number of likely N-dealkylation sites (tertiary alicyclic amines) is 1. The van der Waals surface area contributed by atoms with Gasteiger partial charge >= 0.3 is 6.09 Å². The molecule has 0 radical (unpaired) electrons. The number of ether oxygens (including phenoxy) is 1. The second kappa shape index (κ2) is 3.11. The first-order valence-corrected chi connectivity index (χ1v) is 5.50. The van der Waals surface area contributed by atoms with E-state index >= 15 is 0 Å². The highest BCUT2D eigenvalue weighted by atomic mass is 16.6. The second-order valence-electron chi connectivity index (χ2n) is 5.58. The third kappa shape index (κ3) is 1.71. The predicted molar refractivity (Wildman–Crippen MR) is 55.5 cm³/mol. The zero-order valence-corrected chi connectivity index (χ0v) is 9.62. The fourth-order valence-corrected chi connectivity index (χ4v) is 2.45. The Kier molecular flexibility index (Phi) is 2.23. The Labute approximate surface area is 90.2 Å². The van der Waals surface area contributed by atoms with Gasteiger partial charge in [-0.25, -0.2) is 4.79 Å². The Balaban J connectivity index is 2.02. The molecule has 4 heteroatoms. The number of aliphatic hydroxyl groups is 1. The van der Waals surface area contributed by atoms with Gasteiger partial charge in [0.05, 0.1) is 12.1 Å². The minimum Gasteiger partial charge on any atom is -0.444 e. The predicted octanol–water partition coefficient (Wildman–Crippen LogP) is 1.38. The maximum absolute atomic E-state index is 11.9. The van der Waals surface area contributed by atoms with Gasteiger partial charge in [0.1, 0.15) is 5.60 Å². The van der Waals surface area contributed by atoms with Crippen LogP contribution >= 0.6 is 0 Å². The summed E-state index contributed by atoms with van der Waals surface area (Å²) in [4.78, 5) is 13.6. The van der Waals surface area contributed by atoms with Crippen molar-refractivity contribution in [1.29, 1.82) is 0 Å². The molecule has 1 saturated heterocycles. The van der Waals surface area contributed by atoms with Crippen LogP contribution in [0.4, 0.5) is 4.79 Å². The molecule has 15 heavy (non-hydrogen) atoms. The average molecular weight is 213 g/mol. The molecule has 2 rings (SSSR count). The fourth-order valence-electron chi connectivity index (χ4n) is 2.45. The van der Waals surface area contributed by atoms with Crippen molar-refractivity contribution in [3.8, 4) is 0 Å². The molecular weight excluding hydrogens is 194 g/mol. The quantitative estimate of drug-likeness (QED) is 0.716. The summed E-state index contributed by atoms with van der Waals surface area (Å²) in [5, 5.41) is 9.34. The van der Waals surface area contributed by atoms with Gasteiger partial charge in [-0.1, -0.05) is 0 Å². The minimum atomic E-state index is -0.458. The van der Waals surface area contributed by atoms with Crippen LogP contribution in [0, 0.1) is 5.92 Å². The lowest BCUT2D eigenvalue weighted by Crippen LogP contribution is -2.45. The largest absolute Gasteiger partial charge is 0.444 e. The number of carbonyl (C=O) groups is 1. The van der Waals surface area contributed by atoms with Gasteiger partial charge in [-0.2, -0.15) is 0 Å². The van der Waals surface area contributed by atoms with Crippen molar-refractivity contribution >= 4 is 6.09 Å². The zero-order chi connectivity index (χ0) is 11.3. The topological polar surface area (TPSA) is 49.8 Å². The lowest BCUT2D eigenvalue weighted by atomic mass is 10.2. The number of piperidine rings is 1. The Morgan fingerprint density at radius 1 is 1.60 bits per heavy atom. The summed E-state index contributed by atoms with van der Waals surface area (Å²) in [5.74, 6) is 0.495. The van der Waals surface area contributed by atoms with Crippen LogP contribution in [0.3, 0.4) is 0 Å². The number of amides is 1. The van der Waals surface area contributed by atoms with Crippen LogP contribution in [0.2, 0.25) is 0 Å². The van der Waals surface area contributed by atoms with Crippen molar-refractivity contribution in [1.82, 2.24) is 4.90 Å². The van der Waals surface area contributed by atoms with Gasteiger partial charge in [0.15, 0.2) is 0 Å². The van der Waals surface area contributed by atoms with Crippen LogP contribution in [-0.2, 0) is 4.74 Å². The molecule has 2 fully saturated rings. The monoisotopic (exact) mass is 213 g/mol. The minimum absolute atomic E-state index is 0.0664. The van der Waals surface area contributed by atoms with Gasteiger partial charge < -0.3 is 9.84 Å². The van der Waals surface area contributed by atoms with E-state index in [1.54, 1.807) is 4.90 Å². The van der Waals surface area contributed by atoms with E-state index in [1.165, 1.54) is 0 Å². The van der Waals surface area contributed by atoms with Gasteiger partial charge in [0, 0.05) is 6.54 Å². The average Bonchev–Trinajstić information content (AvgIpc) is 2.70. The molecule has 1 unspecified atom stereocenters. The number of rotatable bonds is 1. The molecule has 0 bridgehead atoms. The van der Waals surface area contributed by atoms with Crippen molar-refractivity contribution in [3.63, 3.8) is 0 Å². The number of nitrogens with zero attached hydrogens (tertiary/aromatic N) is 1. The Bertz CT molecular complexity index is 280. The molecule has 1 saturated carbocycles. The Morgan fingerprint density at radius 2 is 2.27 bits per heavy atom. The fraction of sp³-hybridized carbons (Fsp3) is 0.909. The van der Waals surface area contributed by atoms with Crippen LogP contribution in [-0.4, -0.2) is 40.4 Å². The van der Waals surface area contributed by atoms with Crippen LogP contribution in [0.15, 0.2) is 0 Å². The maximum atomic E-state index is 11.9. The Hall–Kier alpha value is -0.770. The summed E-state index contributed by atoms with van der Waals surface area (Å²) >= 11 is 0. The molecule has 4 nitrogen and oxygen atoms in total. The van der Waals surface area contributed by atoms with Crippen LogP contribution in [0.1, 0.15) is 33.6 Å². The van der Waals surface area contributed by atoms with E-state index in [2.05, 4.69) is 0 Å². The molecule has 2 aliphatic rings. The second-order valence-corrected chi connectivity index (χ2v) is 5.58. The Morgan fingerprint density at radius 3 is 2.73 bits per heavy atom. The smallest absolute Gasteiger partial charge is 0.410 e. The van der Waals surface area contributed by atoms with E-state index in [9.17, 15) is 9.90 Å². The molecule has 1 aliphatic heterocycles. The highest BCUT2D eigenvalue weighted by molar-refractivity contribution is 5.71. The molecular formula is C11H19NO3. The molecule has 1 amide bonds. The number of carbonyl (C=O) groups excluding carboxylic acids is 1. The molecule has 1 aliphatic carbocycles. The SMILES string of the molecule is CC(C)(C)OC(=O)N1CCC2C[C@]21CO. The zero-order valence-electron chi connectivity index (χ0n) is 9.62. The first-order valence-electron chi connectivity index (χ1n) is 5.50. The molecule has 0 aromatic carbocycles. The number of fused-ring (bicyclic) bond motifs is 1. The summed E-state index contributed by atoms with van der Waals surface area (Å²) in [6.45, 7) is 6.36. The molecule has 86 valence electrons. The van der Waals surface area contributed by atoms with Gasteiger partial charge in [0.25, 0.3) is 0 Å². The van der Waals surface area contributed by atoms with E-state index in [4.69, 9.17) is 4.74 Å². The molecule has 0 spiro atoms. The van der Waals surface area contributed by atoms with Gasteiger partial charge in [-0.3, -0.25) is 4.90 Å². The van der Waals surface area contributed by atoms with E-state index in [0.29, 0.717) is 5.92 Å². The number of aliphatic hydroxyl groups excluding tert-OH is 1. The summed E-state index contributed by atoms with van der Waals surface area (Å²) < 4.78 is 5.32. The van der Waals surface area contributed by atoms with Crippen molar-refractivity contribution in [2.75, 3.05) is 13.2 Å². The molecule has 1 heterocycles. The summed E-state index contributed by atoms with van der Waals surface area (Å²) in [6, 6.07) is 0. The highest BCUT2D eigenvalue weighted by Gasteiger charge is 2.63. The maximum Gasteiger partial charge on any atom is 0.410 e. The molecule has 2 atom stereocenters. The van der Waals surface area contributed by atoms with E-state index in [1.807, 2.05) is 20.8 Å². The van der Waals surface area contributed by atoms with Crippen molar-refractivity contribution in [3.05, 3.63) is 0 Å². The normalized spacial score (nSPS) is 33.9. The lowest BCUT2D eigenvalue weighted by Gasteiger charge is -2.30. The molecule has 0 aromatic rings. The lowest BCUT2D eigenvalue weighted by molar-refractivity contribution is 0.0105. The summed E-state index contributed by atoms with van der Waals surface area (Å²) in [5.41, 5.74) is -0.733.